The summed E-state index contributed by atoms with van der Waals surface area (Å²) in [6, 6.07) is 8.25. The summed E-state index contributed by atoms with van der Waals surface area (Å²) in [6.07, 6.45) is 1.08. The normalized spacial score (nSPS) is 11.6. The smallest absolute Gasteiger partial charge is 0.209 e. The molecule has 0 saturated heterocycles. The molecule has 0 unspecified atom stereocenters. The highest BCUT2D eigenvalue weighted by atomic mass is 35.5. The average molecular weight is 272 g/mol. The van der Waals surface area contributed by atoms with E-state index in [0.29, 0.717) is 10.8 Å². The Hall–Kier alpha value is -1.46. The zero-order valence-corrected chi connectivity index (χ0v) is 10.5. The number of halogens is 1. The minimum Gasteiger partial charge on any atom is -0.440 e. The predicted molar refractivity (Wildman–Crippen MR) is 66.7 cm³/mol. The quantitative estimate of drug-likeness (QED) is 0.911. The van der Waals surface area contributed by atoms with Crippen LogP contribution in [0.1, 0.15) is 0 Å². The molecule has 6 heteroatoms. The highest BCUT2D eigenvalue weighted by Gasteiger charge is 2.18. The number of sulfone groups is 1. The van der Waals surface area contributed by atoms with E-state index in [1.165, 1.54) is 6.07 Å². The third-order valence-electron chi connectivity index (χ3n) is 2.25. The van der Waals surface area contributed by atoms with Crippen molar-refractivity contribution in [3.05, 3.63) is 35.4 Å². The first-order valence-electron chi connectivity index (χ1n) is 4.73. The van der Waals surface area contributed by atoms with Gasteiger partial charge in [-0.25, -0.2) is 8.42 Å². The van der Waals surface area contributed by atoms with Crippen molar-refractivity contribution in [2.75, 3.05) is 12.0 Å². The first-order chi connectivity index (χ1) is 7.88. The number of furan rings is 1. The minimum atomic E-state index is -3.37. The second-order valence-corrected chi connectivity index (χ2v) is 6.04. The molecule has 0 saturated carbocycles. The molecule has 4 nitrogen and oxygen atoms in total. The van der Waals surface area contributed by atoms with Gasteiger partial charge < -0.3 is 10.2 Å². The fourth-order valence-electron chi connectivity index (χ4n) is 1.43. The van der Waals surface area contributed by atoms with Crippen molar-refractivity contribution < 1.29 is 12.8 Å². The van der Waals surface area contributed by atoms with E-state index in [9.17, 15) is 8.42 Å². The van der Waals surface area contributed by atoms with Crippen molar-refractivity contribution in [3.63, 3.8) is 0 Å². The largest absolute Gasteiger partial charge is 0.440 e. The van der Waals surface area contributed by atoms with Gasteiger partial charge in [-0.05, 0) is 24.3 Å². The van der Waals surface area contributed by atoms with Crippen molar-refractivity contribution in [2.24, 2.45) is 0 Å². The molecule has 0 spiro atoms. The van der Waals surface area contributed by atoms with Crippen LogP contribution in [0.25, 0.3) is 11.3 Å². The van der Waals surface area contributed by atoms with E-state index < -0.39 is 9.84 Å². The van der Waals surface area contributed by atoms with Gasteiger partial charge in [-0.2, -0.15) is 0 Å². The lowest BCUT2D eigenvalue weighted by atomic mass is 10.2. The van der Waals surface area contributed by atoms with Crippen LogP contribution in [0.15, 0.2) is 39.6 Å². The summed E-state index contributed by atoms with van der Waals surface area (Å²) < 4.78 is 28.0. The van der Waals surface area contributed by atoms with Crippen molar-refractivity contribution >= 4 is 27.3 Å². The zero-order chi connectivity index (χ0) is 12.6. The maximum Gasteiger partial charge on any atom is 0.209 e. The number of anilines is 1. The van der Waals surface area contributed by atoms with Gasteiger partial charge in [-0.3, -0.25) is 0 Å². The van der Waals surface area contributed by atoms with Gasteiger partial charge in [0.25, 0.3) is 0 Å². The molecular formula is C11H10ClNO3S. The first kappa shape index (κ1) is 12.0. The van der Waals surface area contributed by atoms with Gasteiger partial charge in [0.1, 0.15) is 10.7 Å². The summed E-state index contributed by atoms with van der Waals surface area (Å²) in [5.41, 5.74) is 6.24. The van der Waals surface area contributed by atoms with Crippen LogP contribution in [0.4, 0.5) is 5.88 Å². The number of nitrogens with two attached hydrogens (primary N) is 1. The van der Waals surface area contributed by atoms with Crippen molar-refractivity contribution in [2.45, 2.75) is 4.90 Å². The lowest BCUT2D eigenvalue weighted by molar-refractivity contribution is 0.587. The highest BCUT2D eigenvalue weighted by molar-refractivity contribution is 7.90. The van der Waals surface area contributed by atoms with E-state index in [-0.39, 0.29) is 10.8 Å². The molecule has 0 aliphatic heterocycles. The van der Waals surface area contributed by atoms with E-state index >= 15 is 0 Å². The molecule has 0 fully saturated rings. The van der Waals surface area contributed by atoms with E-state index in [1.54, 1.807) is 24.3 Å². The summed E-state index contributed by atoms with van der Waals surface area (Å²) in [5.74, 6) is 0.303. The van der Waals surface area contributed by atoms with E-state index in [0.717, 1.165) is 11.8 Å². The zero-order valence-electron chi connectivity index (χ0n) is 8.98. The Balaban J connectivity index is 2.52. The molecule has 2 aromatic rings. The number of nitrogen functional groups attached to an aromatic ring is 1. The van der Waals surface area contributed by atoms with Crippen LogP contribution in [0, 0.1) is 0 Å². The summed E-state index contributed by atoms with van der Waals surface area (Å²) in [5, 5.41) is 0.594. The van der Waals surface area contributed by atoms with Crippen molar-refractivity contribution in [1.82, 2.24) is 0 Å². The second kappa shape index (κ2) is 4.09. The molecule has 90 valence electrons. The molecule has 0 aliphatic carbocycles. The van der Waals surface area contributed by atoms with Crippen LogP contribution in [-0.4, -0.2) is 14.7 Å². The fraction of sp³-hybridized carbons (Fsp3) is 0.0909. The highest BCUT2D eigenvalue weighted by Crippen LogP contribution is 2.30. The van der Waals surface area contributed by atoms with Gasteiger partial charge in [-0.1, -0.05) is 11.6 Å². The summed E-state index contributed by atoms with van der Waals surface area (Å²) in [6.45, 7) is 0. The standard InChI is InChI=1S/C11H10ClNO3S/c1-17(14,15)10-6-9(16-11(10)13)7-2-4-8(12)5-3-7/h2-6H,13H2,1H3. The molecule has 17 heavy (non-hydrogen) atoms. The number of benzene rings is 1. The summed E-state index contributed by atoms with van der Waals surface area (Å²) >= 11 is 5.76. The molecule has 0 bridgehead atoms. The van der Waals surface area contributed by atoms with Crippen LogP contribution in [-0.2, 0) is 9.84 Å². The molecule has 2 N–H and O–H groups in total. The fourth-order valence-corrected chi connectivity index (χ4v) is 2.29. The number of hydrogen-bond donors (Lipinski definition) is 1. The molecular weight excluding hydrogens is 262 g/mol. The molecule has 0 radical (unpaired) electrons. The monoisotopic (exact) mass is 271 g/mol. The number of hydrogen-bond acceptors (Lipinski definition) is 4. The molecule has 1 heterocycles. The summed E-state index contributed by atoms with van der Waals surface area (Å²) in [7, 11) is -3.37. The third kappa shape index (κ3) is 2.45. The van der Waals surface area contributed by atoms with Gasteiger partial charge in [0, 0.05) is 22.9 Å². The predicted octanol–water partition coefficient (Wildman–Crippen LogP) is 2.59. The van der Waals surface area contributed by atoms with Crippen molar-refractivity contribution in [3.8, 4) is 11.3 Å². The maximum atomic E-state index is 11.4. The van der Waals surface area contributed by atoms with Crippen LogP contribution >= 0.6 is 11.6 Å². The molecule has 0 aliphatic rings. The molecule has 1 aromatic carbocycles. The molecule has 2 rings (SSSR count). The Bertz CT molecular complexity index is 644. The van der Waals surface area contributed by atoms with E-state index in [1.807, 2.05) is 0 Å². The Morgan fingerprint density at radius 2 is 1.82 bits per heavy atom. The Labute approximate surface area is 104 Å². The van der Waals surface area contributed by atoms with Gasteiger partial charge in [-0.15, -0.1) is 0 Å². The Morgan fingerprint density at radius 1 is 1.24 bits per heavy atom. The third-order valence-corrected chi connectivity index (χ3v) is 3.62. The van der Waals surface area contributed by atoms with Gasteiger partial charge in [0.05, 0.1) is 0 Å². The second-order valence-electron chi connectivity index (χ2n) is 3.62. The van der Waals surface area contributed by atoms with Gasteiger partial charge in [0.15, 0.2) is 9.84 Å². The number of rotatable bonds is 2. The lowest BCUT2D eigenvalue weighted by Gasteiger charge is -1.95. The van der Waals surface area contributed by atoms with Gasteiger partial charge in [0.2, 0.25) is 5.88 Å². The topological polar surface area (TPSA) is 73.3 Å². The molecule has 0 atom stereocenters. The first-order valence-corrected chi connectivity index (χ1v) is 7.00. The van der Waals surface area contributed by atoms with Crippen LogP contribution in [0.3, 0.4) is 0 Å². The Morgan fingerprint density at radius 3 is 2.29 bits per heavy atom. The van der Waals surface area contributed by atoms with Crippen LogP contribution in [0.5, 0.6) is 0 Å². The molecule has 1 aromatic heterocycles. The molecule has 0 amide bonds. The summed E-state index contributed by atoms with van der Waals surface area (Å²) in [4.78, 5) is 0.00227. The Kier molecular flexibility index (Phi) is 2.89. The lowest BCUT2D eigenvalue weighted by Crippen LogP contribution is -1.98. The van der Waals surface area contributed by atoms with E-state index in [2.05, 4.69) is 0 Å². The SMILES string of the molecule is CS(=O)(=O)c1cc(-c2ccc(Cl)cc2)oc1N. The maximum absolute atomic E-state index is 11.4. The van der Waals surface area contributed by atoms with E-state index in [4.69, 9.17) is 21.8 Å². The van der Waals surface area contributed by atoms with Crippen LogP contribution in [0.2, 0.25) is 5.02 Å². The van der Waals surface area contributed by atoms with Crippen molar-refractivity contribution in [1.29, 1.82) is 0 Å². The average Bonchev–Trinajstić information content (AvgIpc) is 2.61. The van der Waals surface area contributed by atoms with Crippen LogP contribution < -0.4 is 5.73 Å². The van der Waals surface area contributed by atoms with Gasteiger partial charge >= 0.3 is 0 Å². The minimum absolute atomic E-state index is 0.00227.